The van der Waals surface area contributed by atoms with Crippen molar-refractivity contribution >= 4 is 11.4 Å². The fourth-order valence-corrected chi connectivity index (χ4v) is 1.08. The van der Waals surface area contributed by atoms with E-state index in [0.29, 0.717) is 6.61 Å². The van der Waals surface area contributed by atoms with Gasteiger partial charge in [-0.25, -0.2) is 0 Å². The molecule has 0 fully saturated rings. The van der Waals surface area contributed by atoms with Gasteiger partial charge in [-0.3, -0.25) is 0 Å². The molecule has 1 aromatic carbocycles. The van der Waals surface area contributed by atoms with Crippen LogP contribution in [-0.2, 0) is 4.74 Å². The summed E-state index contributed by atoms with van der Waals surface area (Å²) < 4.78 is 5.29. The summed E-state index contributed by atoms with van der Waals surface area (Å²) in [5.41, 5.74) is 2.12. The molecule has 0 aromatic heterocycles. The van der Waals surface area contributed by atoms with Crippen LogP contribution in [0.4, 0.5) is 5.69 Å². The lowest BCUT2D eigenvalue weighted by Crippen LogP contribution is -1.91. The maximum absolute atomic E-state index is 5.29. The molecule has 0 aliphatic heterocycles. The third-order valence-electron chi connectivity index (χ3n) is 1.81. The topological polar surface area (TPSA) is 21.3 Å². The Morgan fingerprint density at radius 1 is 1.38 bits per heavy atom. The molecular formula is C11H15NO. The fraction of sp³-hybridized carbons (Fsp3) is 0.273. The Bertz CT molecular complexity index is 277. The normalized spacial score (nSPS) is 9.38. The number of anilines is 1. The van der Waals surface area contributed by atoms with E-state index in [1.165, 1.54) is 0 Å². The van der Waals surface area contributed by atoms with E-state index in [9.17, 15) is 0 Å². The van der Waals surface area contributed by atoms with E-state index < -0.39 is 0 Å². The standard InChI is InChI=1S/C11H15NO/c1-4-13-9(2)10-5-7-11(12-3)8-6-10/h5-8,12H,2,4H2,1,3H3. The van der Waals surface area contributed by atoms with E-state index >= 15 is 0 Å². The minimum atomic E-state index is 0.659. The Balaban J connectivity index is 2.74. The summed E-state index contributed by atoms with van der Waals surface area (Å²) >= 11 is 0. The monoisotopic (exact) mass is 177 g/mol. The highest BCUT2D eigenvalue weighted by Crippen LogP contribution is 2.16. The molecule has 2 nitrogen and oxygen atoms in total. The highest BCUT2D eigenvalue weighted by atomic mass is 16.5. The van der Waals surface area contributed by atoms with Crippen LogP contribution in [-0.4, -0.2) is 13.7 Å². The van der Waals surface area contributed by atoms with E-state index in [1.807, 2.05) is 38.2 Å². The third-order valence-corrected chi connectivity index (χ3v) is 1.81. The molecule has 13 heavy (non-hydrogen) atoms. The van der Waals surface area contributed by atoms with Gasteiger partial charge >= 0.3 is 0 Å². The first-order valence-electron chi connectivity index (χ1n) is 4.37. The maximum Gasteiger partial charge on any atom is 0.119 e. The smallest absolute Gasteiger partial charge is 0.119 e. The van der Waals surface area contributed by atoms with Crippen LogP contribution < -0.4 is 5.32 Å². The zero-order chi connectivity index (χ0) is 9.68. The highest BCUT2D eigenvalue weighted by Gasteiger charge is 1.97. The summed E-state index contributed by atoms with van der Waals surface area (Å²) in [7, 11) is 1.90. The first-order valence-corrected chi connectivity index (χ1v) is 4.37. The number of rotatable bonds is 4. The van der Waals surface area contributed by atoms with Crippen molar-refractivity contribution in [2.24, 2.45) is 0 Å². The highest BCUT2D eigenvalue weighted by molar-refractivity contribution is 5.60. The van der Waals surface area contributed by atoms with Crippen molar-refractivity contribution in [2.75, 3.05) is 19.0 Å². The molecule has 0 heterocycles. The summed E-state index contributed by atoms with van der Waals surface area (Å²) in [4.78, 5) is 0. The second-order valence-corrected chi connectivity index (χ2v) is 2.68. The number of ether oxygens (including phenoxy) is 1. The largest absolute Gasteiger partial charge is 0.494 e. The van der Waals surface area contributed by atoms with Gasteiger partial charge in [0.05, 0.1) is 6.61 Å². The van der Waals surface area contributed by atoms with Gasteiger partial charge in [0.25, 0.3) is 0 Å². The van der Waals surface area contributed by atoms with Gasteiger partial charge in [-0.1, -0.05) is 6.58 Å². The van der Waals surface area contributed by atoms with Crippen molar-refractivity contribution in [2.45, 2.75) is 6.92 Å². The zero-order valence-corrected chi connectivity index (χ0v) is 8.13. The fourth-order valence-electron chi connectivity index (χ4n) is 1.08. The molecule has 0 aliphatic rings. The Morgan fingerprint density at radius 3 is 2.46 bits per heavy atom. The van der Waals surface area contributed by atoms with Crippen molar-refractivity contribution in [3.63, 3.8) is 0 Å². The van der Waals surface area contributed by atoms with Crippen molar-refractivity contribution in [1.29, 1.82) is 0 Å². The van der Waals surface area contributed by atoms with E-state index in [4.69, 9.17) is 4.74 Å². The number of hydrogen-bond acceptors (Lipinski definition) is 2. The minimum absolute atomic E-state index is 0.659. The van der Waals surface area contributed by atoms with E-state index in [0.717, 1.165) is 17.0 Å². The van der Waals surface area contributed by atoms with Crippen molar-refractivity contribution < 1.29 is 4.74 Å². The molecule has 0 unspecified atom stereocenters. The molecule has 0 atom stereocenters. The van der Waals surface area contributed by atoms with E-state index in [-0.39, 0.29) is 0 Å². The molecule has 0 saturated heterocycles. The van der Waals surface area contributed by atoms with Crippen LogP contribution in [0.25, 0.3) is 5.76 Å². The van der Waals surface area contributed by atoms with Crippen LogP contribution in [0.2, 0.25) is 0 Å². The van der Waals surface area contributed by atoms with Crippen molar-refractivity contribution in [1.82, 2.24) is 0 Å². The average molecular weight is 177 g/mol. The third kappa shape index (κ3) is 2.51. The molecule has 0 radical (unpaired) electrons. The molecule has 2 heteroatoms. The maximum atomic E-state index is 5.29. The summed E-state index contributed by atoms with van der Waals surface area (Å²) in [6.45, 7) is 6.44. The lowest BCUT2D eigenvalue weighted by Gasteiger charge is -2.07. The Morgan fingerprint density at radius 2 is 2.00 bits per heavy atom. The van der Waals surface area contributed by atoms with Gasteiger partial charge < -0.3 is 10.1 Å². The molecule has 0 amide bonds. The van der Waals surface area contributed by atoms with E-state index in [1.54, 1.807) is 0 Å². The number of hydrogen-bond donors (Lipinski definition) is 1. The van der Waals surface area contributed by atoms with Gasteiger partial charge in [0.15, 0.2) is 0 Å². The summed E-state index contributed by atoms with van der Waals surface area (Å²) in [6.07, 6.45) is 0. The Labute approximate surface area is 79.2 Å². The SMILES string of the molecule is C=C(OCC)c1ccc(NC)cc1. The first kappa shape index (κ1) is 9.65. The van der Waals surface area contributed by atoms with Gasteiger partial charge in [0.1, 0.15) is 5.76 Å². The first-order chi connectivity index (χ1) is 6.27. The lowest BCUT2D eigenvalue weighted by atomic mass is 10.2. The predicted molar refractivity (Wildman–Crippen MR) is 56.6 cm³/mol. The Kier molecular flexibility index (Phi) is 3.38. The predicted octanol–water partition coefficient (Wildman–Crippen LogP) is 2.74. The van der Waals surface area contributed by atoms with Crippen LogP contribution in [0.3, 0.4) is 0 Å². The van der Waals surface area contributed by atoms with Gasteiger partial charge in [-0.05, 0) is 31.2 Å². The molecule has 1 N–H and O–H groups in total. The van der Waals surface area contributed by atoms with Gasteiger partial charge in [-0.2, -0.15) is 0 Å². The Hall–Kier alpha value is -1.44. The number of nitrogens with one attached hydrogen (secondary N) is 1. The van der Waals surface area contributed by atoms with Crippen LogP contribution in [0.1, 0.15) is 12.5 Å². The molecule has 0 spiro atoms. The second kappa shape index (κ2) is 4.55. The summed E-state index contributed by atoms with van der Waals surface area (Å²) in [5.74, 6) is 0.727. The van der Waals surface area contributed by atoms with Crippen LogP contribution >= 0.6 is 0 Å². The molecule has 1 aromatic rings. The summed E-state index contributed by atoms with van der Waals surface area (Å²) in [5, 5.41) is 3.05. The molecule has 1 rings (SSSR count). The molecule has 70 valence electrons. The van der Waals surface area contributed by atoms with Gasteiger partial charge in [-0.15, -0.1) is 0 Å². The van der Waals surface area contributed by atoms with Crippen LogP contribution in [0.15, 0.2) is 30.8 Å². The second-order valence-electron chi connectivity index (χ2n) is 2.68. The van der Waals surface area contributed by atoms with Crippen LogP contribution in [0.5, 0.6) is 0 Å². The van der Waals surface area contributed by atoms with Gasteiger partial charge in [0.2, 0.25) is 0 Å². The quantitative estimate of drug-likeness (QED) is 0.714. The molecule has 0 bridgehead atoms. The van der Waals surface area contributed by atoms with Crippen molar-refractivity contribution in [3.05, 3.63) is 36.4 Å². The molecule has 0 saturated carbocycles. The summed E-state index contributed by atoms with van der Waals surface area (Å²) in [6, 6.07) is 7.98. The number of benzene rings is 1. The lowest BCUT2D eigenvalue weighted by molar-refractivity contribution is 0.299. The van der Waals surface area contributed by atoms with Crippen LogP contribution in [0, 0.1) is 0 Å². The average Bonchev–Trinajstić information content (AvgIpc) is 2.18. The minimum Gasteiger partial charge on any atom is -0.494 e. The molecule has 0 aliphatic carbocycles. The van der Waals surface area contributed by atoms with Gasteiger partial charge in [0, 0.05) is 18.3 Å². The zero-order valence-electron chi connectivity index (χ0n) is 8.13. The molecular weight excluding hydrogens is 162 g/mol. The van der Waals surface area contributed by atoms with E-state index in [2.05, 4.69) is 11.9 Å². The van der Waals surface area contributed by atoms with Crippen molar-refractivity contribution in [3.8, 4) is 0 Å².